The topological polar surface area (TPSA) is 16.4 Å². The van der Waals surface area contributed by atoms with Crippen LogP contribution in [0.25, 0.3) is 23.1 Å². The summed E-state index contributed by atoms with van der Waals surface area (Å²) < 4.78 is 7.84. The van der Waals surface area contributed by atoms with Gasteiger partial charge in [-0.3, -0.25) is 0 Å². The standard InChI is InChI=1S/C23H27N2O.HI/c1-5-25(6-2)21-16-13-19(23(17-21)26-4)12-15-20-14-11-18-9-7-8-10-22(18)24(20)3;/h7-17H,5-6H2,1-4H3;1H/q+1;/p-1. The molecule has 0 saturated carbocycles. The number of hydrogen-bond donors (Lipinski definition) is 0. The first-order valence-electron chi connectivity index (χ1n) is 9.16. The predicted octanol–water partition coefficient (Wildman–Crippen LogP) is 1.69. The fourth-order valence-corrected chi connectivity index (χ4v) is 3.33. The molecule has 0 N–H and O–H groups in total. The number of methoxy groups -OCH3 is 1. The average Bonchev–Trinajstić information content (AvgIpc) is 2.69. The van der Waals surface area contributed by atoms with Crippen LogP contribution in [0.4, 0.5) is 5.69 Å². The molecule has 3 aromatic rings. The Balaban J connectivity index is 0.00000261. The molecule has 2 aromatic carbocycles. The monoisotopic (exact) mass is 474 g/mol. The Morgan fingerprint density at radius 2 is 1.70 bits per heavy atom. The minimum Gasteiger partial charge on any atom is -1.00 e. The van der Waals surface area contributed by atoms with E-state index < -0.39 is 0 Å². The fourth-order valence-electron chi connectivity index (χ4n) is 3.33. The van der Waals surface area contributed by atoms with Gasteiger partial charge in [-0.1, -0.05) is 12.1 Å². The third-order valence-electron chi connectivity index (χ3n) is 4.90. The van der Waals surface area contributed by atoms with E-state index in [0.29, 0.717) is 0 Å². The minimum atomic E-state index is 0. The molecule has 0 aliphatic carbocycles. The minimum absolute atomic E-state index is 0. The lowest BCUT2D eigenvalue weighted by Gasteiger charge is -2.22. The number of aromatic nitrogens is 1. The zero-order chi connectivity index (χ0) is 18.5. The van der Waals surface area contributed by atoms with E-state index >= 15 is 0 Å². The number of anilines is 1. The Morgan fingerprint density at radius 3 is 2.41 bits per heavy atom. The first-order valence-corrected chi connectivity index (χ1v) is 9.16. The van der Waals surface area contributed by atoms with Gasteiger partial charge >= 0.3 is 0 Å². The summed E-state index contributed by atoms with van der Waals surface area (Å²) in [6, 6.07) is 19.1. The van der Waals surface area contributed by atoms with Crippen LogP contribution in [0.15, 0.2) is 54.6 Å². The van der Waals surface area contributed by atoms with Crippen molar-refractivity contribution in [3.63, 3.8) is 0 Å². The molecule has 0 amide bonds. The van der Waals surface area contributed by atoms with E-state index in [1.165, 1.54) is 16.6 Å². The lowest BCUT2D eigenvalue weighted by molar-refractivity contribution is -0.646. The molecule has 0 unspecified atom stereocenters. The first-order chi connectivity index (χ1) is 12.7. The van der Waals surface area contributed by atoms with Crippen LogP contribution in [-0.4, -0.2) is 20.2 Å². The first kappa shape index (κ1) is 21.2. The second-order valence-electron chi connectivity index (χ2n) is 6.31. The molecule has 3 rings (SSSR count). The van der Waals surface area contributed by atoms with E-state index in [0.717, 1.165) is 30.1 Å². The predicted molar refractivity (Wildman–Crippen MR) is 111 cm³/mol. The second kappa shape index (κ2) is 9.74. The Morgan fingerprint density at radius 1 is 0.963 bits per heavy atom. The lowest BCUT2D eigenvalue weighted by Crippen LogP contribution is -3.00. The van der Waals surface area contributed by atoms with E-state index in [9.17, 15) is 0 Å². The van der Waals surface area contributed by atoms with Crippen molar-refractivity contribution in [3.05, 3.63) is 65.9 Å². The second-order valence-corrected chi connectivity index (χ2v) is 6.31. The van der Waals surface area contributed by atoms with Crippen molar-refractivity contribution >= 4 is 28.7 Å². The smallest absolute Gasteiger partial charge is 0.212 e. The van der Waals surface area contributed by atoms with E-state index in [4.69, 9.17) is 4.74 Å². The SMILES string of the molecule is CCN(CC)c1ccc(/C=C/c2ccc3ccccc3[n+]2C)c(OC)c1.[I-]. The third-order valence-corrected chi connectivity index (χ3v) is 4.90. The Labute approximate surface area is 179 Å². The molecule has 3 nitrogen and oxygen atoms in total. The zero-order valence-corrected chi connectivity index (χ0v) is 18.6. The summed E-state index contributed by atoms with van der Waals surface area (Å²) >= 11 is 0. The summed E-state index contributed by atoms with van der Waals surface area (Å²) in [5.74, 6) is 0.897. The van der Waals surface area contributed by atoms with Gasteiger partial charge in [0.15, 0.2) is 0 Å². The number of aryl methyl sites for hydroxylation is 1. The van der Waals surface area contributed by atoms with E-state index in [2.05, 4.69) is 97.1 Å². The molecule has 0 spiro atoms. The van der Waals surface area contributed by atoms with Gasteiger partial charge in [-0.05, 0) is 44.2 Å². The number of nitrogens with zero attached hydrogens (tertiary/aromatic N) is 2. The van der Waals surface area contributed by atoms with Gasteiger partial charge in [0.05, 0.1) is 7.11 Å². The maximum absolute atomic E-state index is 5.63. The van der Waals surface area contributed by atoms with Gasteiger partial charge in [-0.2, -0.15) is 4.57 Å². The Kier molecular flexibility index (Phi) is 7.66. The highest BCUT2D eigenvalue weighted by atomic mass is 127. The molecular formula is C23H27IN2O. The molecule has 142 valence electrons. The summed E-state index contributed by atoms with van der Waals surface area (Å²) in [5, 5.41) is 1.24. The van der Waals surface area contributed by atoms with Gasteiger partial charge < -0.3 is 33.6 Å². The van der Waals surface area contributed by atoms with Crippen LogP contribution in [0.2, 0.25) is 0 Å². The van der Waals surface area contributed by atoms with Gasteiger partial charge in [-0.25, -0.2) is 0 Å². The van der Waals surface area contributed by atoms with Crippen molar-refractivity contribution in [1.29, 1.82) is 0 Å². The molecule has 1 aromatic heterocycles. The number of halogens is 1. The molecule has 0 radical (unpaired) electrons. The molecule has 0 bridgehead atoms. The molecule has 0 saturated heterocycles. The van der Waals surface area contributed by atoms with Crippen LogP contribution in [0.1, 0.15) is 25.1 Å². The van der Waals surface area contributed by atoms with E-state index in [1.807, 2.05) is 0 Å². The molecule has 0 aliphatic rings. The normalized spacial score (nSPS) is 10.8. The van der Waals surface area contributed by atoms with Crippen molar-refractivity contribution < 1.29 is 33.3 Å². The van der Waals surface area contributed by atoms with Crippen molar-refractivity contribution in [2.45, 2.75) is 13.8 Å². The number of rotatable bonds is 6. The molecule has 4 heteroatoms. The Hall–Kier alpha value is -2.08. The summed E-state index contributed by atoms with van der Waals surface area (Å²) in [4.78, 5) is 2.32. The van der Waals surface area contributed by atoms with Gasteiger partial charge in [0.1, 0.15) is 12.8 Å². The third kappa shape index (κ3) is 4.61. The fraction of sp³-hybridized carbons (Fsp3) is 0.261. The summed E-state index contributed by atoms with van der Waals surface area (Å²) in [7, 11) is 3.83. The van der Waals surface area contributed by atoms with Gasteiger partial charge in [0.25, 0.3) is 0 Å². The largest absolute Gasteiger partial charge is 1.00 e. The van der Waals surface area contributed by atoms with E-state index in [-0.39, 0.29) is 24.0 Å². The number of ether oxygens (including phenoxy) is 1. The number of hydrogen-bond acceptors (Lipinski definition) is 2. The molecule has 0 aliphatic heterocycles. The molecule has 0 fully saturated rings. The van der Waals surface area contributed by atoms with Crippen LogP contribution < -0.4 is 38.2 Å². The number of pyridine rings is 1. The highest BCUT2D eigenvalue weighted by molar-refractivity contribution is 5.78. The molecule has 27 heavy (non-hydrogen) atoms. The molecule has 1 heterocycles. The maximum atomic E-state index is 5.63. The summed E-state index contributed by atoms with van der Waals surface area (Å²) in [5.41, 5.74) is 4.65. The Bertz CT molecular complexity index is 933. The van der Waals surface area contributed by atoms with Crippen LogP contribution in [-0.2, 0) is 7.05 Å². The quantitative estimate of drug-likeness (QED) is 0.400. The lowest BCUT2D eigenvalue weighted by atomic mass is 10.1. The average molecular weight is 474 g/mol. The van der Waals surface area contributed by atoms with Crippen molar-refractivity contribution in [2.75, 3.05) is 25.1 Å². The number of para-hydroxylation sites is 1. The van der Waals surface area contributed by atoms with E-state index in [1.54, 1.807) is 7.11 Å². The highest BCUT2D eigenvalue weighted by Crippen LogP contribution is 2.27. The van der Waals surface area contributed by atoms with Crippen LogP contribution in [0.5, 0.6) is 5.75 Å². The summed E-state index contributed by atoms with van der Waals surface area (Å²) in [6.07, 6.45) is 4.26. The van der Waals surface area contributed by atoms with Crippen molar-refractivity contribution in [3.8, 4) is 5.75 Å². The van der Waals surface area contributed by atoms with Crippen molar-refractivity contribution in [1.82, 2.24) is 0 Å². The van der Waals surface area contributed by atoms with Crippen LogP contribution >= 0.6 is 0 Å². The zero-order valence-electron chi connectivity index (χ0n) is 16.4. The van der Waals surface area contributed by atoms with Crippen molar-refractivity contribution in [2.24, 2.45) is 7.05 Å². The highest BCUT2D eigenvalue weighted by Gasteiger charge is 2.10. The molecule has 0 atom stereocenters. The summed E-state index contributed by atoms with van der Waals surface area (Å²) in [6.45, 7) is 6.32. The van der Waals surface area contributed by atoms with Crippen LogP contribution in [0.3, 0.4) is 0 Å². The van der Waals surface area contributed by atoms with Crippen LogP contribution in [0, 0.1) is 0 Å². The number of fused-ring (bicyclic) bond motifs is 1. The van der Waals surface area contributed by atoms with Gasteiger partial charge in [-0.15, -0.1) is 0 Å². The van der Waals surface area contributed by atoms with Gasteiger partial charge in [0.2, 0.25) is 11.2 Å². The molecular weight excluding hydrogens is 447 g/mol. The van der Waals surface area contributed by atoms with Gasteiger partial charge in [0, 0.05) is 54.0 Å². The number of benzene rings is 2. The maximum Gasteiger partial charge on any atom is 0.212 e.